The Kier molecular flexibility index (Phi) is 4.45. The molecule has 0 radical (unpaired) electrons. The molecule has 1 aromatic rings. The summed E-state index contributed by atoms with van der Waals surface area (Å²) in [5.74, 6) is 0.901. The van der Waals surface area contributed by atoms with Gasteiger partial charge in [-0.1, -0.05) is 19.1 Å². The van der Waals surface area contributed by atoms with Gasteiger partial charge in [0.2, 0.25) is 0 Å². The lowest BCUT2D eigenvalue weighted by atomic mass is 9.85. The number of methoxy groups -OCH3 is 1. The van der Waals surface area contributed by atoms with Gasteiger partial charge in [0, 0.05) is 24.5 Å². The van der Waals surface area contributed by atoms with Crippen molar-refractivity contribution >= 4 is 0 Å². The second-order valence-corrected chi connectivity index (χ2v) is 5.80. The Balaban J connectivity index is 1.95. The van der Waals surface area contributed by atoms with E-state index in [-0.39, 0.29) is 11.5 Å². The van der Waals surface area contributed by atoms with Crippen LogP contribution in [-0.2, 0) is 11.3 Å². The first-order valence-electron chi connectivity index (χ1n) is 6.68. The van der Waals surface area contributed by atoms with E-state index in [0.29, 0.717) is 6.61 Å². The van der Waals surface area contributed by atoms with Gasteiger partial charge in [-0.3, -0.25) is 0 Å². The van der Waals surface area contributed by atoms with Crippen molar-refractivity contribution in [2.24, 2.45) is 11.1 Å². The molecule has 1 heterocycles. The van der Waals surface area contributed by atoms with Crippen LogP contribution >= 0.6 is 0 Å². The minimum absolute atomic E-state index is 0.0492. The van der Waals surface area contributed by atoms with E-state index in [1.807, 2.05) is 12.1 Å². The van der Waals surface area contributed by atoms with Crippen molar-refractivity contribution in [1.29, 1.82) is 0 Å². The number of nitrogens with zero attached hydrogens (tertiary/aromatic N) is 1. The molecule has 0 bridgehead atoms. The predicted molar refractivity (Wildman–Crippen MR) is 76.2 cm³/mol. The second-order valence-electron chi connectivity index (χ2n) is 5.80. The minimum atomic E-state index is 0.0492. The number of hydrogen-bond acceptors (Lipinski definition) is 4. The summed E-state index contributed by atoms with van der Waals surface area (Å²) < 4.78 is 10.7. The SMILES string of the molecule is COc1cccc(CN(C)CC2(C)COCC2N)c1. The van der Waals surface area contributed by atoms with Crippen LogP contribution in [0.4, 0.5) is 0 Å². The first kappa shape index (κ1) is 14.3. The average molecular weight is 264 g/mol. The van der Waals surface area contributed by atoms with Crippen LogP contribution in [0.5, 0.6) is 5.75 Å². The molecule has 0 saturated carbocycles. The molecule has 19 heavy (non-hydrogen) atoms. The molecule has 106 valence electrons. The van der Waals surface area contributed by atoms with Gasteiger partial charge in [-0.2, -0.15) is 0 Å². The molecule has 2 N–H and O–H groups in total. The van der Waals surface area contributed by atoms with Gasteiger partial charge in [-0.15, -0.1) is 0 Å². The molecule has 2 rings (SSSR count). The summed E-state index contributed by atoms with van der Waals surface area (Å²) in [6.07, 6.45) is 0. The van der Waals surface area contributed by atoms with Gasteiger partial charge in [0.05, 0.1) is 20.3 Å². The van der Waals surface area contributed by atoms with E-state index in [2.05, 4.69) is 31.0 Å². The van der Waals surface area contributed by atoms with E-state index in [1.165, 1.54) is 5.56 Å². The van der Waals surface area contributed by atoms with Crippen molar-refractivity contribution in [3.63, 3.8) is 0 Å². The molecule has 1 aromatic carbocycles. The van der Waals surface area contributed by atoms with Crippen LogP contribution in [-0.4, -0.2) is 44.9 Å². The van der Waals surface area contributed by atoms with Crippen LogP contribution in [0.2, 0.25) is 0 Å². The van der Waals surface area contributed by atoms with Crippen LogP contribution in [0.25, 0.3) is 0 Å². The fourth-order valence-electron chi connectivity index (χ4n) is 2.65. The highest BCUT2D eigenvalue weighted by Gasteiger charge is 2.38. The first-order chi connectivity index (χ1) is 9.03. The van der Waals surface area contributed by atoms with Crippen LogP contribution < -0.4 is 10.5 Å². The third-order valence-corrected chi connectivity index (χ3v) is 3.84. The summed E-state index contributed by atoms with van der Waals surface area (Å²) in [6.45, 7) is 5.44. The molecule has 1 fully saturated rings. The number of ether oxygens (including phenoxy) is 2. The molecule has 0 amide bonds. The monoisotopic (exact) mass is 264 g/mol. The Morgan fingerprint density at radius 2 is 2.32 bits per heavy atom. The molecule has 4 nitrogen and oxygen atoms in total. The zero-order valence-corrected chi connectivity index (χ0v) is 12.1. The van der Waals surface area contributed by atoms with Gasteiger partial charge < -0.3 is 20.1 Å². The molecule has 1 aliphatic rings. The normalized spacial score (nSPS) is 26.9. The van der Waals surface area contributed by atoms with Gasteiger partial charge in [-0.25, -0.2) is 0 Å². The zero-order chi connectivity index (χ0) is 13.9. The predicted octanol–water partition coefficient (Wildman–Crippen LogP) is 1.49. The summed E-state index contributed by atoms with van der Waals surface area (Å²) in [6, 6.07) is 8.30. The van der Waals surface area contributed by atoms with Crippen molar-refractivity contribution < 1.29 is 9.47 Å². The van der Waals surface area contributed by atoms with E-state index in [9.17, 15) is 0 Å². The lowest BCUT2D eigenvalue weighted by Crippen LogP contribution is -2.45. The second kappa shape index (κ2) is 5.90. The average Bonchev–Trinajstić information content (AvgIpc) is 2.69. The highest BCUT2D eigenvalue weighted by atomic mass is 16.5. The molecule has 0 aliphatic carbocycles. The quantitative estimate of drug-likeness (QED) is 0.875. The van der Waals surface area contributed by atoms with Gasteiger partial charge in [-0.05, 0) is 24.7 Å². The lowest BCUT2D eigenvalue weighted by molar-refractivity contribution is 0.128. The smallest absolute Gasteiger partial charge is 0.119 e. The Bertz CT molecular complexity index is 424. The van der Waals surface area contributed by atoms with E-state index < -0.39 is 0 Å². The van der Waals surface area contributed by atoms with E-state index >= 15 is 0 Å². The standard InChI is InChI=1S/C15H24N2O2/c1-15(11-19-9-14(15)16)10-17(2)8-12-5-4-6-13(7-12)18-3/h4-7,14H,8-11,16H2,1-3H3. The summed E-state index contributed by atoms with van der Waals surface area (Å²) >= 11 is 0. The third kappa shape index (κ3) is 3.47. The largest absolute Gasteiger partial charge is 0.497 e. The number of hydrogen-bond donors (Lipinski definition) is 1. The third-order valence-electron chi connectivity index (χ3n) is 3.84. The molecule has 4 heteroatoms. The van der Waals surface area contributed by atoms with Gasteiger partial charge in [0.25, 0.3) is 0 Å². The Morgan fingerprint density at radius 3 is 2.95 bits per heavy atom. The zero-order valence-electron chi connectivity index (χ0n) is 12.1. The Hall–Kier alpha value is -1.10. The van der Waals surface area contributed by atoms with Crippen molar-refractivity contribution in [2.75, 3.05) is 33.9 Å². The first-order valence-corrected chi connectivity index (χ1v) is 6.68. The molecular weight excluding hydrogens is 240 g/mol. The van der Waals surface area contributed by atoms with Crippen molar-refractivity contribution in [3.8, 4) is 5.75 Å². The number of rotatable bonds is 5. The lowest BCUT2D eigenvalue weighted by Gasteiger charge is -2.32. The van der Waals surface area contributed by atoms with Crippen molar-refractivity contribution in [1.82, 2.24) is 4.90 Å². The van der Waals surface area contributed by atoms with Gasteiger partial charge in [0.1, 0.15) is 5.75 Å². The fraction of sp³-hybridized carbons (Fsp3) is 0.600. The maximum Gasteiger partial charge on any atom is 0.119 e. The van der Waals surface area contributed by atoms with Crippen molar-refractivity contribution in [2.45, 2.75) is 19.5 Å². The molecule has 2 unspecified atom stereocenters. The fourth-order valence-corrected chi connectivity index (χ4v) is 2.65. The Labute approximate surface area is 115 Å². The Morgan fingerprint density at radius 1 is 1.53 bits per heavy atom. The molecule has 1 saturated heterocycles. The van der Waals surface area contributed by atoms with E-state index in [4.69, 9.17) is 15.2 Å². The van der Waals surface area contributed by atoms with Crippen LogP contribution in [0.15, 0.2) is 24.3 Å². The molecule has 1 aliphatic heterocycles. The molecule has 0 aromatic heterocycles. The summed E-state index contributed by atoms with van der Waals surface area (Å²) in [7, 11) is 3.81. The maximum atomic E-state index is 6.13. The van der Waals surface area contributed by atoms with Crippen LogP contribution in [0, 0.1) is 5.41 Å². The summed E-state index contributed by atoms with van der Waals surface area (Å²) in [5.41, 5.74) is 7.43. The van der Waals surface area contributed by atoms with Crippen LogP contribution in [0.1, 0.15) is 12.5 Å². The van der Waals surface area contributed by atoms with Crippen LogP contribution in [0.3, 0.4) is 0 Å². The van der Waals surface area contributed by atoms with Gasteiger partial charge >= 0.3 is 0 Å². The molecular formula is C15H24N2O2. The highest BCUT2D eigenvalue weighted by Crippen LogP contribution is 2.28. The highest BCUT2D eigenvalue weighted by molar-refractivity contribution is 5.28. The topological polar surface area (TPSA) is 47.7 Å². The van der Waals surface area contributed by atoms with E-state index in [1.54, 1.807) is 7.11 Å². The van der Waals surface area contributed by atoms with E-state index in [0.717, 1.165) is 25.4 Å². The molecule has 2 atom stereocenters. The van der Waals surface area contributed by atoms with Gasteiger partial charge in [0.15, 0.2) is 0 Å². The number of benzene rings is 1. The molecule has 0 spiro atoms. The van der Waals surface area contributed by atoms with Crippen molar-refractivity contribution in [3.05, 3.63) is 29.8 Å². The number of nitrogens with two attached hydrogens (primary N) is 1. The summed E-state index contributed by atoms with van der Waals surface area (Å²) in [5, 5.41) is 0. The maximum absolute atomic E-state index is 6.13. The summed E-state index contributed by atoms with van der Waals surface area (Å²) in [4.78, 5) is 2.29. The minimum Gasteiger partial charge on any atom is -0.497 e.